The van der Waals surface area contributed by atoms with E-state index in [0.717, 1.165) is 12.4 Å². The van der Waals surface area contributed by atoms with E-state index in [-0.39, 0.29) is 5.91 Å². The summed E-state index contributed by atoms with van der Waals surface area (Å²) in [5.74, 6) is 2.01. The number of nitrogens with two attached hydrogens (primary N) is 1. The fraction of sp³-hybridized carbons (Fsp3) is 0.571. The molecular weight excluding hydrogens is 256 g/mol. The van der Waals surface area contributed by atoms with E-state index in [2.05, 4.69) is 4.98 Å². The van der Waals surface area contributed by atoms with E-state index in [9.17, 15) is 4.79 Å². The minimum atomic E-state index is 0.107. The number of hydrogen-bond acceptors (Lipinski definition) is 5. The number of carbonyl (C=O) groups is 1. The lowest BCUT2D eigenvalue weighted by Crippen LogP contribution is -2.48. The predicted molar refractivity (Wildman–Crippen MR) is 76.7 cm³/mol. The highest BCUT2D eigenvalue weighted by molar-refractivity contribution is 5.82. The lowest BCUT2D eigenvalue weighted by atomic mass is 10.3. The van der Waals surface area contributed by atoms with Crippen LogP contribution in [0.4, 0.5) is 11.5 Å². The van der Waals surface area contributed by atoms with Crippen LogP contribution in [-0.4, -0.2) is 49.1 Å². The van der Waals surface area contributed by atoms with E-state index in [1.54, 1.807) is 11.0 Å². The maximum absolute atomic E-state index is 11.8. The van der Waals surface area contributed by atoms with Gasteiger partial charge in [-0.2, -0.15) is 4.98 Å². The molecule has 6 nitrogen and oxygen atoms in total. The topological polar surface area (TPSA) is 71.7 Å². The number of aromatic nitrogens is 1. The van der Waals surface area contributed by atoms with Crippen molar-refractivity contribution in [3.8, 4) is 5.88 Å². The smallest absolute Gasteiger partial charge is 0.241 e. The first-order chi connectivity index (χ1) is 9.63. The van der Waals surface area contributed by atoms with Crippen LogP contribution in [0.25, 0.3) is 0 Å². The molecule has 0 spiro atoms. The average molecular weight is 276 g/mol. The van der Waals surface area contributed by atoms with Gasteiger partial charge in [0.05, 0.1) is 18.8 Å². The Bertz CT molecular complexity index is 516. The summed E-state index contributed by atoms with van der Waals surface area (Å²) in [6, 6.07) is 3.64. The predicted octanol–water partition coefficient (Wildman–Crippen LogP) is 0.731. The van der Waals surface area contributed by atoms with Crippen LogP contribution in [0.3, 0.4) is 0 Å². The van der Waals surface area contributed by atoms with Crippen molar-refractivity contribution in [2.75, 3.05) is 43.9 Å². The van der Waals surface area contributed by atoms with Gasteiger partial charge in [-0.15, -0.1) is 0 Å². The van der Waals surface area contributed by atoms with E-state index in [1.807, 2.05) is 18.0 Å². The highest BCUT2D eigenvalue weighted by Crippen LogP contribution is 2.31. The quantitative estimate of drug-likeness (QED) is 0.878. The lowest BCUT2D eigenvalue weighted by molar-refractivity contribution is -0.129. The first kappa shape index (κ1) is 13.0. The fourth-order valence-electron chi connectivity index (χ4n) is 2.17. The summed E-state index contributed by atoms with van der Waals surface area (Å²) in [5.41, 5.74) is 6.44. The van der Waals surface area contributed by atoms with Crippen LogP contribution in [0.15, 0.2) is 12.1 Å². The third-order valence-corrected chi connectivity index (χ3v) is 3.81. The van der Waals surface area contributed by atoms with Gasteiger partial charge in [-0.3, -0.25) is 4.79 Å². The number of piperazine rings is 1. The lowest BCUT2D eigenvalue weighted by Gasteiger charge is -2.32. The van der Waals surface area contributed by atoms with E-state index in [4.69, 9.17) is 10.5 Å². The summed E-state index contributed by atoms with van der Waals surface area (Å²) >= 11 is 0. The Kier molecular flexibility index (Phi) is 3.38. The number of likely N-dealkylation sites (N-methyl/N-ethyl adjacent to an activating group) is 1. The molecule has 0 atom stereocenters. The molecule has 2 heterocycles. The Hall–Kier alpha value is -1.98. The van der Waals surface area contributed by atoms with Crippen molar-refractivity contribution in [2.24, 2.45) is 5.92 Å². The van der Waals surface area contributed by atoms with Crippen LogP contribution in [0.5, 0.6) is 5.88 Å². The molecule has 0 unspecified atom stereocenters. The number of nitrogens with zero attached hydrogens (tertiary/aromatic N) is 3. The van der Waals surface area contributed by atoms with E-state index >= 15 is 0 Å². The zero-order chi connectivity index (χ0) is 14.1. The number of anilines is 2. The molecule has 20 heavy (non-hydrogen) atoms. The summed E-state index contributed by atoms with van der Waals surface area (Å²) in [4.78, 5) is 19.9. The number of carbonyl (C=O) groups excluding carboxylic acids is 1. The number of amides is 1. The Balaban J connectivity index is 1.72. The number of rotatable bonds is 4. The Morgan fingerprint density at radius 1 is 1.40 bits per heavy atom. The first-order valence-corrected chi connectivity index (χ1v) is 7.01. The third kappa shape index (κ3) is 2.79. The van der Waals surface area contributed by atoms with Crippen molar-refractivity contribution >= 4 is 17.4 Å². The van der Waals surface area contributed by atoms with Gasteiger partial charge in [-0.1, -0.05) is 0 Å². The summed E-state index contributed by atoms with van der Waals surface area (Å²) in [6.45, 7) is 2.53. The summed E-state index contributed by atoms with van der Waals surface area (Å²) < 4.78 is 5.68. The van der Waals surface area contributed by atoms with Crippen molar-refractivity contribution in [1.29, 1.82) is 0 Å². The van der Waals surface area contributed by atoms with E-state index in [1.165, 1.54) is 12.8 Å². The molecule has 6 heteroatoms. The van der Waals surface area contributed by atoms with Crippen molar-refractivity contribution in [2.45, 2.75) is 12.8 Å². The first-order valence-electron chi connectivity index (χ1n) is 7.01. The van der Waals surface area contributed by atoms with Crippen LogP contribution < -0.4 is 15.4 Å². The van der Waals surface area contributed by atoms with Gasteiger partial charge in [-0.25, -0.2) is 0 Å². The molecule has 1 saturated carbocycles. The number of ether oxygens (including phenoxy) is 1. The molecule has 3 rings (SSSR count). The van der Waals surface area contributed by atoms with E-state index < -0.39 is 0 Å². The molecule has 1 aliphatic heterocycles. The molecule has 1 saturated heterocycles. The van der Waals surface area contributed by atoms with Gasteiger partial charge in [-0.05, 0) is 30.9 Å². The minimum Gasteiger partial charge on any atom is -0.476 e. The molecular formula is C14H20N4O2. The van der Waals surface area contributed by atoms with Crippen LogP contribution >= 0.6 is 0 Å². The molecule has 0 radical (unpaired) electrons. The molecule has 2 aliphatic rings. The third-order valence-electron chi connectivity index (χ3n) is 3.81. The Morgan fingerprint density at radius 3 is 2.90 bits per heavy atom. The number of pyridine rings is 1. The van der Waals surface area contributed by atoms with Gasteiger partial charge in [0.25, 0.3) is 0 Å². The van der Waals surface area contributed by atoms with Crippen molar-refractivity contribution in [1.82, 2.24) is 9.88 Å². The zero-order valence-electron chi connectivity index (χ0n) is 11.7. The standard InChI is InChI=1S/C14H20N4O2/c1-17-6-7-18(8-13(17)19)12-5-4-11(15)14(16-12)20-9-10-2-3-10/h4-5,10H,2-3,6-9,15H2,1H3. The molecule has 0 aromatic carbocycles. The van der Waals surface area contributed by atoms with Gasteiger partial charge in [0.15, 0.2) is 0 Å². The molecule has 1 aliphatic carbocycles. The summed E-state index contributed by atoms with van der Waals surface area (Å²) in [6.07, 6.45) is 2.46. The largest absolute Gasteiger partial charge is 0.476 e. The van der Waals surface area contributed by atoms with Crippen LogP contribution in [0.1, 0.15) is 12.8 Å². The normalized spacial score (nSPS) is 19.4. The second-order valence-electron chi connectivity index (χ2n) is 5.56. The van der Waals surface area contributed by atoms with Gasteiger partial charge in [0.1, 0.15) is 5.82 Å². The molecule has 1 aromatic rings. The summed E-state index contributed by atoms with van der Waals surface area (Å²) in [7, 11) is 1.82. The molecule has 1 aromatic heterocycles. The maximum Gasteiger partial charge on any atom is 0.241 e. The van der Waals surface area contributed by atoms with E-state index in [0.29, 0.717) is 37.2 Å². The van der Waals surface area contributed by atoms with Gasteiger partial charge < -0.3 is 20.3 Å². The second kappa shape index (κ2) is 5.19. The van der Waals surface area contributed by atoms with Gasteiger partial charge >= 0.3 is 0 Å². The molecule has 2 fully saturated rings. The maximum atomic E-state index is 11.8. The minimum absolute atomic E-state index is 0.107. The Morgan fingerprint density at radius 2 is 2.20 bits per heavy atom. The highest BCUT2D eigenvalue weighted by atomic mass is 16.5. The van der Waals surface area contributed by atoms with Crippen molar-refractivity contribution < 1.29 is 9.53 Å². The van der Waals surface area contributed by atoms with Crippen LogP contribution in [0, 0.1) is 5.92 Å². The van der Waals surface area contributed by atoms with Crippen LogP contribution in [-0.2, 0) is 4.79 Å². The van der Waals surface area contributed by atoms with Crippen molar-refractivity contribution in [3.05, 3.63) is 12.1 Å². The summed E-state index contributed by atoms with van der Waals surface area (Å²) in [5, 5.41) is 0. The zero-order valence-corrected chi connectivity index (χ0v) is 11.7. The Labute approximate surface area is 118 Å². The monoisotopic (exact) mass is 276 g/mol. The fourth-order valence-corrected chi connectivity index (χ4v) is 2.17. The molecule has 0 bridgehead atoms. The van der Waals surface area contributed by atoms with Crippen molar-refractivity contribution in [3.63, 3.8) is 0 Å². The SMILES string of the molecule is CN1CCN(c2ccc(N)c(OCC3CC3)n2)CC1=O. The molecule has 1 amide bonds. The highest BCUT2D eigenvalue weighted by Gasteiger charge is 2.24. The molecule has 2 N–H and O–H groups in total. The number of hydrogen-bond donors (Lipinski definition) is 1. The average Bonchev–Trinajstić information content (AvgIpc) is 3.25. The van der Waals surface area contributed by atoms with Gasteiger partial charge in [0.2, 0.25) is 11.8 Å². The van der Waals surface area contributed by atoms with Crippen LogP contribution in [0.2, 0.25) is 0 Å². The second-order valence-corrected chi connectivity index (χ2v) is 5.56. The number of nitrogen functional groups attached to an aromatic ring is 1. The molecule has 108 valence electrons. The van der Waals surface area contributed by atoms with Gasteiger partial charge in [0, 0.05) is 20.1 Å².